The highest BCUT2D eigenvalue weighted by molar-refractivity contribution is 9.11. The lowest BCUT2D eigenvalue weighted by Crippen LogP contribution is -2.48. The van der Waals surface area contributed by atoms with Gasteiger partial charge >= 0.3 is 5.63 Å². The summed E-state index contributed by atoms with van der Waals surface area (Å²) in [7, 11) is -3.46. The molecule has 9 heteroatoms. The van der Waals surface area contributed by atoms with Crippen molar-refractivity contribution in [3.8, 4) is 0 Å². The van der Waals surface area contributed by atoms with Crippen LogP contribution in [0.5, 0.6) is 0 Å². The molecule has 0 unspecified atom stereocenters. The maximum atomic E-state index is 12.8. The van der Waals surface area contributed by atoms with E-state index in [1.165, 1.54) is 15.6 Å². The van der Waals surface area contributed by atoms with Crippen LogP contribution in [0.4, 0.5) is 0 Å². The molecule has 0 N–H and O–H groups in total. The highest BCUT2D eigenvalue weighted by Crippen LogP contribution is 2.29. The van der Waals surface area contributed by atoms with E-state index < -0.39 is 10.0 Å². The monoisotopic (exact) mass is 496 g/mol. The van der Waals surface area contributed by atoms with Crippen molar-refractivity contribution in [2.45, 2.75) is 24.1 Å². The fourth-order valence-corrected chi connectivity index (χ4v) is 7.14. The normalized spacial score (nSPS) is 16.5. The maximum Gasteiger partial charge on any atom is 0.336 e. The van der Waals surface area contributed by atoms with Gasteiger partial charge in [-0.15, -0.1) is 11.3 Å². The molecule has 1 aromatic carbocycles. The van der Waals surface area contributed by atoms with Gasteiger partial charge in [0.05, 0.1) is 3.79 Å². The second-order valence-electron chi connectivity index (χ2n) is 7.01. The first-order valence-corrected chi connectivity index (χ1v) is 12.5. The second-order valence-corrected chi connectivity index (χ2v) is 11.6. The minimum absolute atomic E-state index is 0.356. The largest absolute Gasteiger partial charge is 0.423 e. The molecule has 3 aromatic rings. The number of aryl methyl sites for hydroxylation is 1. The second kappa shape index (κ2) is 8.31. The Labute approximate surface area is 181 Å². The molecule has 0 amide bonds. The molecule has 1 aliphatic rings. The van der Waals surface area contributed by atoms with Crippen LogP contribution in [0, 0.1) is 0 Å². The number of rotatable bonds is 5. The van der Waals surface area contributed by atoms with Gasteiger partial charge in [-0.25, -0.2) is 13.2 Å². The van der Waals surface area contributed by atoms with E-state index in [-0.39, 0.29) is 5.63 Å². The fraction of sp³-hybridized carbons (Fsp3) is 0.350. The lowest BCUT2D eigenvalue weighted by molar-refractivity contribution is 0.182. The van der Waals surface area contributed by atoms with Gasteiger partial charge in [-0.1, -0.05) is 19.1 Å². The van der Waals surface area contributed by atoms with Crippen LogP contribution < -0.4 is 5.63 Å². The summed E-state index contributed by atoms with van der Waals surface area (Å²) in [6, 6.07) is 10.9. The zero-order valence-electron chi connectivity index (χ0n) is 15.9. The molecule has 0 radical (unpaired) electrons. The van der Waals surface area contributed by atoms with Crippen molar-refractivity contribution in [2.24, 2.45) is 0 Å². The molecule has 2 aromatic heterocycles. The van der Waals surface area contributed by atoms with Crippen LogP contribution in [0.2, 0.25) is 0 Å². The number of thiophene rings is 1. The quantitative estimate of drug-likeness (QED) is 0.503. The number of halogens is 1. The Hall–Kier alpha value is -1.52. The highest BCUT2D eigenvalue weighted by Gasteiger charge is 2.29. The van der Waals surface area contributed by atoms with Crippen molar-refractivity contribution in [3.63, 3.8) is 0 Å². The van der Waals surface area contributed by atoms with Gasteiger partial charge < -0.3 is 4.42 Å². The summed E-state index contributed by atoms with van der Waals surface area (Å²) in [4.78, 5) is 14.2. The highest BCUT2D eigenvalue weighted by atomic mass is 79.9. The number of hydrogen-bond donors (Lipinski definition) is 0. The van der Waals surface area contributed by atoms with Gasteiger partial charge in [0.2, 0.25) is 0 Å². The van der Waals surface area contributed by atoms with Gasteiger partial charge in [-0.3, -0.25) is 4.90 Å². The van der Waals surface area contributed by atoms with Crippen LogP contribution >= 0.6 is 27.3 Å². The molecular formula is C20H21BrN2O4S2. The average Bonchev–Trinajstić information content (AvgIpc) is 3.15. The minimum atomic E-state index is -3.46. The van der Waals surface area contributed by atoms with Crippen molar-refractivity contribution >= 4 is 48.3 Å². The fourth-order valence-electron chi connectivity index (χ4n) is 3.56. The standard InChI is InChI=1S/C20H21BrN2O4S2/c1-2-14-3-4-16-15(12-19(24)27-17(16)11-14)13-22-7-9-23(10-8-22)29(25,26)20-6-5-18(21)28-20/h3-6,11-12H,2,7-10,13H2,1H3. The average molecular weight is 497 g/mol. The van der Waals surface area contributed by atoms with Crippen LogP contribution in [0.25, 0.3) is 11.0 Å². The minimum Gasteiger partial charge on any atom is -0.423 e. The Kier molecular flexibility index (Phi) is 5.94. The van der Waals surface area contributed by atoms with E-state index in [2.05, 4.69) is 33.8 Å². The van der Waals surface area contributed by atoms with Gasteiger partial charge in [0, 0.05) is 44.2 Å². The molecular weight excluding hydrogens is 476 g/mol. The van der Waals surface area contributed by atoms with Crippen LogP contribution in [0.15, 0.2) is 53.6 Å². The van der Waals surface area contributed by atoms with Crippen molar-refractivity contribution in [1.29, 1.82) is 0 Å². The predicted octanol–water partition coefficient (Wildman–Crippen LogP) is 3.69. The van der Waals surface area contributed by atoms with Crippen molar-refractivity contribution in [2.75, 3.05) is 26.2 Å². The summed E-state index contributed by atoms with van der Waals surface area (Å²) in [5, 5.41) is 0.931. The first-order chi connectivity index (χ1) is 13.9. The smallest absolute Gasteiger partial charge is 0.336 e. The van der Waals surface area contributed by atoms with E-state index >= 15 is 0 Å². The number of benzene rings is 1. The summed E-state index contributed by atoms with van der Waals surface area (Å²) < 4.78 is 33.7. The molecule has 0 aliphatic carbocycles. The number of fused-ring (bicyclic) bond motifs is 1. The topological polar surface area (TPSA) is 70.8 Å². The van der Waals surface area contributed by atoms with Crippen molar-refractivity contribution < 1.29 is 12.8 Å². The molecule has 0 saturated carbocycles. The third kappa shape index (κ3) is 4.34. The van der Waals surface area contributed by atoms with E-state index in [4.69, 9.17) is 4.42 Å². The Balaban J connectivity index is 1.49. The van der Waals surface area contributed by atoms with Crippen LogP contribution in [-0.2, 0) is 23.0 Å². The summed E-state index contributed by atoms with van der Waals surface area (Å²) in [6.45, 7) is 4.73. The Morgan fingerprint density at radius 3 is 2.52 bits per heavy atom. The SMILES string of the molecule is CCc1ccc2c(CN3CCN(S(=O)(=O)c4ccc(Br)s4)CC3)cc(=O)oc2c1. The van der Waals surface area contributed by atoms with Gasteiger partial charge in [0.1, 0.15) is 9.79 Å². The third-order valence-electron chi connectivity index (χ3n) is 5.17. The molecule has 1 aliphatic heterocycles. The Morgan fingerprint density at radius 2 is 1.86 bits per heavy atom. The molecule has 0 atom stereocenters. The lowest BCUT2D eigenvalue weighted by atomic mass is 10.1. The molecule has 154 valence electrons. The number of nitrogens with zero attached hydrogens (tertiary/aromatic N) is 2. The molecule has 0 bridgehead atoms. The van der Waals surface area contributed by atoms with E-state index in [1.807, 2.05) is 12.1 Å². The molecule has 0 spiro atoms. The summed E-state index contributed by atoms with van der Waals surface area (Å²) >= 11 is 4.55. The zero-order chi connectivity index (χ0) is 20.6. The van der Waals surface area contributed by atoms with Crippen molar-refractivity contribution in [3.05, 3.63) is 61.7 Å². The zero-order valence-corrected chi connectivity index (χ0v) is 19.1. The summed E-state index contributed by atoms with van der Waals surface area (Å²) in [5.74, 6) is 0. The summed E-state index contributed by atoms with van der Waals surface area (Å²) in [5.41, 5.74) is 2.29. The molecule has 1 fully saturated rings. The lowest BCUT2D eigenvalue weighted by Gasteiger charge is -2.33. The number of sulfonamides is 1. The van der Waals surface area contributed by atoms with Gasteiger partial charge in [-0.05, 0) is 51.7 Å². The van der Waals surface area contributed by atoms with Crippen LogP contribution in [-0.4, -0.2) is 43.8 Å². The van der Waals surface area contributed by atoms with Crippen LogP contribution in [0.3, 0.4) is 0 Å². The van der Waals surface area contributed by atoms with E-state index in [0.29, 0.717) is 42.5 Å². The first kappa shape index (κ1) is 20.7. The molecule has 1 saturated heterocycles. The molecule has 29 heavy (non-hydrogen) atoms. The molecule has 4 rings (SSSR count). The Morgan fingerprint density at radius 1 is 1.10 bits per heavy atom. The first-order valence-electron chi connectivity index (χ1n) is 9.40. The van der Waals surface area contributed by atoms with E-state index in [9.17, 15) is 13.2 Å². The van der Waals surface area contributed by atoms with Gasteiger partial charge in [0.25, 0.3) is 10.0 Å². The summed E-state index contributed by atoms with van der Waals surface area (Å²) in [6.07, 6.45) is 0.876. The Bertz CT molecular complexity index is 1190. The van der Waals surface area contributed by atoms with Gasteiger partial charge in [0.15, 0.2) is 0 Å². The van der Waals surface area contributed by atoms with Gasteiger partial charge in [-0.2, -0.15) is 4.31 Å². The number of piperazine rings is 1. The van der Waals surface area contributed by atoms with Crippen molar-refractivity contribution in [1.82, 2.24) is 9.21 Å². The third-order valence-corrected chi connectivity index (χ3v) is 9.16. The van der Waals surface area contributed by atoms with E-state index in [0.717, 1.165) is 26.7 Å². The molecule has 6 nitrogen and oxygen atoms in total. The molecule has 3 heterocycles. The van der Waals surface area contributed by atoms with Crippen LogP contribution in [0.1, 0.15) is 18.1 Å². The maximum absolute atomic E-state index is 12.8. The van der Waals surface area contributed by atoms with E-state index in [1.54, 1.807) is 18.2 Å². The predicted molar refractivity (Wildman–Crippen MR) is 118 cm³/mol. The number of hydrogen-bond acceptors (Lipinski definition) is 6.